The van der Waals surface area contributed by atoms with E-state index in [0.717, 1.165) is 12.8 Å². The molecular weight excluding hydrogens is 180 g/mol. The van der Waals surface area contributed by atoms with Gasteiger partial charge in [0.1, 0.15) is 0 Å². The van der Waals surface area contributed by atoms with E-state index in [0.29, 0.717) is 12.7 Å². The van der Waals surface area contributed by atoms with Crippen LogP contribution in [0.15, 0.2) is 0 Å². The molecule has 1 saturated carbocycles. The summed E-state index contributed by atoms with van der Waals surface area (Å²) < 4.78 is 5.68. The second-order valence-electron chi connectivity index (χ2n) is 4.00. The zero-order valence-electron chi connectivity index (χ0n) is 8.79. The number of carbonyl (C=O) groups is 1. The molecule has 0 radical (unpaired) electrons. The Morgan fingerprint density at radius 1 is 1.50 bits per heavy atom. The van der Waals surface area contributed by atoms with Crippen molar-refractivity contribution in [3.8, 4) is 0 Å². The maximum Gasteiger partial charge on any atom is 0.312 e. The highest BCUT2D eigenvalue weighted by Crippen LogP contribution is 2.20. The topological polar surface area (TPSA) is 64.3 Å². The van der Waals surface area contributed by atoms with Crippen molar-refractivity contribution < 1.29 is 9.53 Å². The largest absolute Gasteiger partial charge is 0.376 e. The minimum absolute atomic E-state index is 0.00873. The Hall–Kier alpha value is -0.770. The van der Waals surface area contributed by atoms with Gasteiger partial charge in [-0.25, -0.2) is 4.79 Å². The van der Waals surface area contributed by atoms with Gasteiger partial charge in [0.2, 0.25) is 0 Å². The van der Waals surface area contributed by atoms with Crippen molar-refractivity contribution in [1.29, 1.82) is 0 Å². The third kappa shape index (κ3) is 4.46. The van der Waals surface area contributed by atoms with Crippen LogP contribution in [0.5, 0.6) is 0 Å². The number of primary amides is 1. The fraction of sp³-hybridized carbons (Fsp3) is 0.900. The van der Waals surface area contributed by atoms with E-state index in [4.69, 9.17) is 10.5 Å². The number of hydrogen-bond donors (Lipinski definition) is 2. The predicted octanol–water partition coefficient (Wildman–Crippen LogP) is 1.39. The molecule has 1 atom stereocenters. The summed E-state index contributed by atoms with van der Waals surface area (Å²) in [7, 11) is 0. The summed E-state index contributed by atoms with van der Waals surface area (Å²) in [5, 5.41) is 2.60. The van der Waals surface area contributed by atoms with Crippen molar-refractivity contribution in [2.75, 3.05) is 6.61 Å². The maximum atomic E-state index is 10.5. The number of carbonyl (C=O) groups excluding carboxylic acids is 1. The quantitative estimate of drug-likeness (QED) is 0.720. The number of hydrogen-bond acceptors (Lipinski definition) is 2. The zero-order chi connectivity index (χ0) is 10.4. The number of ether oxygens (including phenoxy) is 1. The summed E-state index contributed by atoms with van der Waals surface area (Å²) in [4.78, 5) is 10.5. The average Bonchev–Trinajstić information content (AvgIpc) is 2.15. The molecular formula is C10H20N2O2. The summed E-state index contributed by atoms with van der Waals surface area (Å²) >= 11 is 0. The lowest BCUT2D eigenvalue weighted by molar-refractivity contribution is 0.0197. The van der Waals surface area contributed by atoms with Crippen molar-refractivity contribution in [3.05, 3.63) is 0 Å². The van der Waals surface area contributed by atoms with Gasteiger partial charge in [0.25, 0.3) is 0 Å². The molecule has 0 aromatic heterocycles. The van der Waals surface area contributed by atoms with Crippen molar-refractivity contribution in [2.24, 2.45) is 5.73 Å². The van der Waals surface area contributed by atoms with Crippen LogP contribution in [0.1, 0.15) is 39.0 Å². The molecule has 0 saturated heterocycles. The van der Waals surface area contributed by atoms with Crippen LogP contribution in [-0.4, -0.2) is 24.8 Å². The normalized spacial score (nSPS) is 20.4. The van der Waals surface area contributed by atoms with Gasteiger partial charge in [-0.3, -0.25) is 0 Å². The van der Waals surface area contributed by atoms with Gasteiger partial charge >= 0.3 is 6.03 Å². The third-order valence-corrected chi connectivity index (χ3v) is 2.52. The van der Waals surface area contributed by atoms with Gasteiger partial charge < -0.3 is 15.8 Å². The van der Waals surface area contributed by atoms with E-state index >= 15 is 0 Å². The van der Waals surface area contributed by atoms with Crippen LogP contribution < -0.4 is 11.1 Å². The molecule has 1 rings (SSSR count). The van der Waals surface area contributed by atoms with Crippen molar-refractivity contribution in [1.82, 2.24) is 5.32 Å². The smallest absolute Gasteiger partial charge is 0.312 e. The van der Waals surface area contributed by atoms with Crippen molar-refractivity contribution >= 4 is 6.03 Å². The molecule has 82 valence electrons. The van der Waals surface area contributed by atoms with Crippen molar-refractivity contribution in [2.45, 2.75) is 51.2 Å². The first kappa shape index (κ1) is 11.3. The summed E-state index contributed by atoms with van der Waals surface area (Å²) in [5.41, 5.74) is 5.00. The molecule has 1 fully saturated rings. The van der Waals surface area contributed by atoms with Crippen LogP contribution in [0.25, 0.3) is 0 Å². The van der Waals surface area contributed by atoms with Crippen molar-refractivity contribution in [3.63, 3.8) is 0 Å². The van der Waals surface area contributed by atoms with Gasteiger partial charge in [-0.15, -0.1) is 0 Å². The molecule has 3 N–H and O–H groups in total. The Kier molecular flexibility index (Phi) is 4.73. The summed E-state index contributed by atoms with van der Waals surface area (Å²) in [6, 6.07) is -0.473. The van der Waals surface area contributed by atoms with Crippen LogP contribution in [0.2, 0.25) is 0 Å². The number of nitrogens with two attached hydrogens (primary N) is 1. The van der Waals surface area contributed by atoms with Gasteiger partial charge in [-0.05, 0) is 19.8 Å². The fourth-order valence-corrected chi connectivity index (χ4v) is 1.80. The van der Waals surface area contributed by atoms with Crippen LogP contribution in [0.4, 0.5) is 4.79 Å². The van der Waals surface area contributed by atoms with E-state index in [1.54, 1.807) is 0 Å². The van der Waals surface area contributed by atoms with Gasteiger partial charge in [0.05, 0.1) is 18.8 Å². The molecule has 0 aliphatic heterocycles. The summed E-state index contributed by atoms with van der Waals surface area (Å²) in [5.74, 6) is 0. The molecule has 0 aromatic carbocycles. The molecule has 1 aliphatic rings. The second kappa shape index (κ2) is 5.86. The van der Waals surface area contributed by atoms with Crippen LogP contribution in [-0.2, 0) is 4.74 Å². The minimum Gasteiger partial charge on any atom is -0.376 e. The molecule has 0 spiro atoms. The van der Waals surface area contributed by atoms with Gasteiger partial charge in [-0.1, -0.05) is 19.3 Å². The average molecular weight is 200 g/mol. The van der Waals surface area contributed by atoms with Gasteiger partial charge in [0.15, 0.2) is 0 Å². The first-order valence-corrected chi connectivity index (χ1v) is 5.36. The number of rotatable bonds is 4. The SMILES string of the molecule is C[C@@H](COC1CCCCC1)NC(N)=O. The standard InChI is InChI=1S/C10H20N2O2/c1-8(12-10(11)13)7-14-9-5-3-2-4-6-9/h8-9H,2-7H2,1H3,(H3,11,12,13)/t8-/m0/s1. The highest BCUT2D eigenvalue weighted by Gasteiger charge is 2.14. The number of nitrogens with one attached hydrogen (secondary N) is 1. The lowest BCUT2D eigenvalue weighted by Crippen LogP contribution is -2.40. The highest BCUT2D eigenvalue weighted by molar-refractivity contribution is 5.71. The van der Waals surface area contributed by atoms with Crippen LogP contribution in [0, 0.1) is 0 Å². The fourth-order valence-electron chi connectivity index (χ4n) is 1.80. The molecule has 1 aliphatic carbocycles. The molecule has 14 heavy (non-hydrogen) atoms. The van der Waals surface area contributed by atoms with Gasteiger partial charge in [-0.2, -0.15) is 0 Å². The van der Waals surface area contributed by atoms with E-state index in [2.05, 4.69) is 5.32 Å². The maximum absolute atomic E-state index is 10.5. The van der Waals surface area contributed by atoms with Crippen LogP contribution in [0.3, 0.4) is 0 Å². The summed E-state index contributed by atoms with van der Waals surface area (Å²) in [6.07, 6.45) is 6.56. The lowest BCUT2D eigenvalue weighted by Gasteiger charge is -2.23. The second-order valence-corrected chi connectivity index (χ2v) is 4.00. The Morgan fingerprint density at radius 3 is 2.71 bits per heavy atom. The zero-order valence-corrected chi connectivity index (χ0v) is 8.79. The lowest BCUT2D eigenvalue weighted by atomic mass is 9.98. The van der Waals surface area contributed by atoms with E-state index < -0.39 is 6.03 Å². The molecule has 4 heteroatoms. The first-order valence-electron chi connectivity index (χ1n) is 5.36. The Bertz CT molecular complexity index is 179. The molecule has 0 bridgehead atoms. The van der Waals surface area contributed by atoms with E-state index in [-0.39, 0.29) is 6.04 Å². The molecule has 2 amide bonds. The predicted molar refractivity (Wildman–Crippen MR) is 55.0 cm³/mol. The van der Waals surface area contributed by atoms with Gasteiger partial charge in [0, 0.05) is 0 Å². The summed E-state index contributed by atoms with van der Waals surface area (Å²) in [6.45, 7) is 2.46. The Morgan fingerprint density at radius 2 is 2.14 bits per heavy atom. The van der Waals surface area contributed by atoms with Crippen LogP contribution >= 0.6 is 0 Å². The third-order valence-electron chi connectivity index (χ3n) is 2.52. The molecule has 0 aromatic rings. The molecule has 4 nitrogen and oxygen atoms in total. The number of amides is 2. The number of urea groups is 1. The molecule has 0 unspecified atom stereocenters. The van der Waals surface area contributed by atoms with E-state index in [1.165, 1.54) is 19.3 Å². The first-order chi connectivity index (χ1) is 6.68. The van der Waals surface area contributed by atoms with E-state index in [9.17, 15) is 4.79 Å². The monoisotopic (exact) mass is 200 g/mol. The molecule has 0 heterocycles. The minimum atomic E-state index is -0.482. The van der Waals surface area contributed by atoms with E-state index in [1.807, 2.05) is 6.92 Å². The highest BCUT2D eigenvalue weighted by atomic mass is 16.5. The Balaban J connectivity index is 2.09. The Labute approximate surface area is 85.2 Å².